The first-order valence-electron chi connectivity index (χ1n) is 9.36. The van der Waals surface area contributed by atoms with Crippen LogP contribution in [0.15, 0.2) is 52.4 Å². The number of aliphatic hydroxyl groups is 3. The molecule has 0 fully saturated rings. The van der Waals surface area contributed by atoms with Crippen LogP contribution in [-0.2, 0) is 10.2 Å². The highest BCUT2D eigenvalue weighted by molar-refractivity contribution is 6.51. The van der Waals surface area contributed by atoms with E-state index < -0.39 is 28.4 Å². The summed E-state index contributed by atoms with van der Waals surface area (Å²) in [5, 5.41) is 69.7. The van der Waals surface area contributed by atoms with Crippen LogP contribution in [0.1, 0.15) is 17.0 Å². The smallest absolute Gasteiger partial charge is 0.213 e. The van der Waals surface area contributed by atoms with E-state index in [2.05, 4.69) is 10.3 Å². The average molecular weight is 430 g/mol. The molecule has 0 spiro atoms. The molecule has 0 heterocycles. The van der Waals surface area contributed by atoms with Gasteiger partial charge in [-0.3, -0.25) is 9.79 Å². The van der Waals surface area contributed by atoms with E-state index in [1.54, 1.807) is 12.1 Å². The first-order valence-corrected chi connectivity index (χ1v) is 9.36. The second kappa shape index (κ2) is 10.5. The van der Waals surface area contributed by atoms with Crippen molar-refractivity contribution in [1.29, 1.82) is 21.0 Å². The van der Waals surface area contributed by atoms with E-state index in [-0.39, 0.29) is 43.3 Å². The predicted molar refractivity (Wildman–Crippen MR) is 111 cm³/mol. The number of aliphatic imine (C=N–C) groups is 1. The van der Waals surface area contributed by atoms with E-state index in [1.807, 2.05) is 12.1 Å². The molecule has 32 heavy (non-hydrogen) atoms. The number of rotatable bonds is 8. The van der Waals surface area contributed by atoms with Crippen LogP contribution in [0, 0.1) is 45.3 Å². The molecular weight excluding hydrogens is 412 g/mol. The molecule has 0 unspecified atom stereocenters. The number of benzene rings is 1. The minimum absolute atomic E-state index is 0.00908. The fourth-order valence-corrected chi connectivity index (χ4v) is 3.12. The minimum atomic E-state index is -2.24. The molecule has 4 N–H and O–H groups in total. The quantitative estimate of drug-likeness (QED) is 0.421. The van der Waals surface area contributed by atoms with Crippen molar-refractivity contribution in [1.82, 2.24) is 5.32 Å². The highest BCUT2D eigenvalue weighted by atomic mass is 16.3. The van der Waals surface area contributed by atoms with Crippen molar-refractivity contribution in [3.05, 3.63) is 58.5 Å². The van der Waals surface area contributed by atoms with Crippen LogP contribution in [0.4, 0.5) is 0 Å². The highest BCUT2D eigenvalue weighted by Gasteiger charge is 2.46. The lowest BCUT2D eigenvalue weighted by Gasteiger charge is -2.27. The zero-order chi connectivity index (χ0) is 23.7. The number of aliphatic hydroxyl groups excluding tert-OH is 3. The van der Waals surface area contributed by atoms with Gasteiger partial charge in [0.05, 0.1) is 55.3 Å². The van der Waals surface area contributed by atoms with Gasteiger partial charge < -0.3 is 20.6 Å². The Morgan fingerprint density at radius 3 is 2.16 bits per heavy atom. The average Bonchev–Trinajstić information content (AvgIpc) is 2.82. The molecule has 0 radical (unpaired) electrons. The summed E-state index contributed by atoms with van der Waals surface area (Å²) in [6.07, 6.45) is 1.21. The number of hydrogen-bond donors (Lipinski definition) is 4. The van der Waals surface area contributed by atoms with Crippen molar-refractivity contribution >= 4 is 11.5 Å². The molecule has 0 amide bonds. The van der Waals surface area contributed by atoms with Crippen molar-refractivity contribution in [2.45, 2.75) is 11.3 Å². The maximum absolute atomic E-state index is 13.1. The number of carbonyl (C=O) groups excluding carboxylic acids is 1. The second-order valence-electron chi connectivity index (χ2n) is 6.54. The Morgan fingerprint density at radius 2 is 1.66 bits per heavy atom. The summed E-state index contributed by atoms with van der Waals surface area (Å²) >= 11 is 0. The molecular formula is C22H18N6O4. The molecule has 10 nitrogen and oxygen atoms in total. The summed E-state index contributed by atoms with van der Waals surface area (Å²) in [4.78, 5) is 17.1. The van der Waals surface area contributed by atoms with Crippen LogP contribution >= 0.6 is 0 Å². The number of Topliss-reactive ketones (excluding diaryl/α,β-unsaturated/α-hetero) is 1. The van der Waals surface area contributed by atoms with Gasteiger partial charge in [-0.15, -0.1) is 0 Å². The van der Waals surface area contributed by atoms with Crippen molar-refractivity contribution in [3.63, 3.8) is 0 Å². The van der Waals surface area contributed by atoms with Crippen LogP contribution in [0.3, 0.4) is 0 Å². The molecule has 1 aliphatic rings. The third-order valence-corrected chi connectivity index (χ3v) is 4.69. The van der Waals surface area contributed by atoms with Gasteiger partial charge in [0.2, 0.25) is 11.2 Å². The van der Waals surface area contributed by atoms with E-state index in [0.29, 0.717) is 5.56 Å². The van der Waals surface area contributed by atoms with E-state index >= 15 is 0 Å². The zero-order valence-corrected chi connectivity index (χ0v) is 16.8. The number of nitriles is 4. The monoisotopic (exact) mass is 430 g/mol. The van der Waals surface area contributed by atoms with Gasteiger partial charge in [-0.1, -0.05) is 24.3 Å². The molecule has 1 aromatic rings. The Hall–Kier alpha value is -4.48. The van der Waals surface area contributed by atoms with Gasteiger partial charge in [0, 0.05) is 6.54 Å². The maximum atomic E-state index is 13.1. The normalized spacial score (nSPS) is 14.9. The van der Waals surface area contributed by atoms with Gasteiger partial charge in [-0.05, 0) is 17.2 Å². The summed E-state index contributed by atoms with van der Waals surface area (Å²) in [5.41, 5.74) is -2.60. The third kappa shape index (κ3) is 4.33. The van der Waals surface area contributed by atoms with Gasteiger partial charge in [0.15, 0.2) is 5.92 Å². The Bertz CT molecular complexity index is 1130. The van der Waals surface area contributed by atoms with E-state index in [9.17, 15) is 20.4 Å². The lowest BCUT2D eigenvalue weighted by atomic mass is 9.71. The third-order valence-electron chi connectivity index (χ3n) is 4.69. The summed E-state index contributed by atoms with van der Waals surface area (Å²) in [6, 6.07) is 12.7. The van der Waals surface area contributed by atoms with Gasteiger partial charge >= 0.3 is 0 Å². The Balaban J connectivity index is 2.71. The molecule has 1 aliphatic carbocycles. The lowest BCUT2D eigenvalue weighted by molar-refractivity contribution is -0.110. The summed E-state index contributed by atoms with van der Waals surface area (Å²) < 4.78 is 0. The van der Waals surface area contributed by atoms with Crippen molar-refractivity contribution in [2.24, 2.45) is 4.99 Å². The molecule has 160 valence electrons. The molecule has 0 saturated carbocycles. The number of ketones is 1. The van der Waals surface area contributed by atoms with Crippen LogP contribution in [-0.4, -0.2) is 53.1 Å². The van der Waals surface area contributed by atoms with Gasteiger partial charge in [0.1, 0.15) is 11.5 Å². The van der Waals surface area contributed by atoms with Crippen molar-refractivity contribution < 1.29 is 20.1 Å². The molecule has 2 rings (SSSR count). The van der Waals surface area contributed by atoms with Gasteiger partial charge in [-0.25, -0.2) is 0 Å². The Labute approximate surface area is 183 Å². The van der Waals surface area contributed by atoms with Gasteiger partial charge in [0.25, 0.3) is 0 Å². The summed E-state index contributed by atoms with van der Waals surface area (Å²) in [7, 11) is 0. The molecule has 10 heteroatoms. The van der Waals surface area contributed by atoms with Crippen LogP contribution in [0.2, 0.25) is 0 Å². The zero-order valence-electron chi connectivity index (χ0n) is 16.8. The molecule has 1 aromatic carbocycles. The number of nitrogens with one attached hydrogen (secondary N) is 1. The van der Waals surface area contributed by atoms with E-state index in [0.717, 1.165) is 0 Å². The largest absolute Gasteiger partial charge is 0.505 e. The summed E-state index contributed by atoms with van der Waals surface area (Å²) in [5.74, 6) is -2.57. The Morgan fingerprint density at radius 1 is 1.03 bits per heavy atom. The molecule has 0 saturated heterocycles. The topological polar surface area (TPSA) is 197 Å². The molecule has 0 aliphatic heterocycles. The first-order chi connectivity index (χ1) is 15.4. The standard InChI is InChI=1S/C22H18N6O4/c23-10-15(11-24)14-1-3-16(4-2-14)22(12-25,13-26)19-20(31)17(27-5-7-29)9-18(21(19)32)28-6-8-30/h1-4,9,15,27,29-31H,5-8H2. The van der Waals surface area contributed by atoms with Crippen LogP contribution < -0.4 is 5.32 Å². The fraction of sp³-hybridized carbons (Fsp3) is 0.273. The van der Waals surface area contributed by atoms with Gasteiger partial charge in [-0.2, -0.15) is 21.0 Å². The number of carbonyl (C=O) groups is 1. The fourth-order valence-electron chi connectivity index (χ4n) is 3.12. The maximum Gasteiger partial charge on any atom is 0.213 e. The number of allylic oxidation sites excluding steroid dienone is 2. The highest BCUT2D eigenvalue weighted by Crippen LogP contribution is 2.37. The molecule has 0 atom stereocenters. The number of hydrogen-bond acceptors (Lipinski definition) is 10. The lowest BCUT2D eigenvalue weighted by Crippen LogP contribution is -2.38. The molecule has 0 bridgehead atoms. The van der Waals surface area contributed by atoms with Crippen LogP contribution in [0.5, 0.6) is 0 Å². The molecule has 0 aromatic heterocycles. The predicted octanol–water partition coefficient (Wildman–Crippen LogP) is 0.396. The first kappa shape index (κ1) is 23.8. The van der Waals surface area contributed by atoms with Crippen LogP contribution in [0.25, 0.3) is 0 Å². The van der Waals surface area contributed by atoms with Crippen molar-refractivity contribution in [2.75, 3.05) is 26.3 Å². The summed E-state index contributed by atoms with van der Waals surface area (Å²) in [6.45, 7) is -0.755. The SMILES string of the molecule is N#CC(C#N)c1ccc(C(C#N)(C#N)C2=C(O)C(NCCO)=CC(=NCCO)C2=O)cc1. The minimum Gasteiger partial charge on any atom is -0.505 e. The van der Waals surface area contributed by atoms with E-state index in [1.165, 1.54) is 30.3 Å². The number of nitrogens with zero attached hydrogens (tertiary/aromatic N) is 5. The van der Waals surface area contributed by atoms with Crippen molar-refractivity contribution in [3.8, 4) is 24.3 Å². The second-order valence-corrected chi connectivity index (χ2v) is 6.54. The Kier molecular flexibility index (Phi) is 7.82. The van der Waals surface area contributed by atoms with E-state index in [4.69, 9.17) is 20.7 Å².